The fourth-order valence-corrected chi connectivity index (χ4v) is 6.33. The smallest absolute Gasteiger partial charge is 0.326 e. The Morgan fingerprint density at radius 1 is 0.820 bits per heavy atom. The van der Waals surface area contributed by atoms with Crippen molar-refractivity contribution in [2.45, 2.75) is 97.6 Å². The SMILES string of the molecule is CCCCCCCOc1ccc(-c2cnc(-c3ccc(CC(NC(=O)c4ccc(C(C)(C)C)s4)C(=O)N[C@H](C(=O)O)C(C)C)cc3)nc2)cc1. The van der Waals surface area contributed by atoms with Crippen LogP contribution in [0.15, 0.2) is 73.1 Å². The summed E-state index contributed by atoms with van der Waals surface area (Å²) in [5.74, 6) is -1.00. The molecule has 0 radical (unpaired) electrons. The standard InChI is InChI=1S/C40H50N4O5S/c1-7-8-9-10-11-22-49-31-18-16-28(17-19-31)30-24-41-36(42-25-30)29-14-12-27(13-15-29)23-32(37(45)44-35(26(2)3)39(47)48)43-38(46)33-20-21-34(50-33)40(4,5)6/h12-21,24-26,32,35H,7-11,22-23H2,1-6H3,(H,43,46)(H,44,45)(H,47,48)/t32?,35-/m0/s1. The highest BCUT2D eigenvalue weighted by molar-refractivity contribution is 7.14. The van der Waals surface area contributed by atoms with Gasteiger partial charge in [0.2, 0.25) is 5.91 Å². The number of hydrogen-bond acceptors (Lipinski definition) is 7. The number of amides is 2. The van der Waals surface area contributed by atoms with Crippen LogP contribution in [0.4, 0.5) is 0 Å². The van der Waals surface area contributed by atoms with E-state index in [0.29, 0.717) is 10.7 Å². The van der Waals surface area contributed by atoms with Crippen LogP contribution in [0.25, 0.3) is 22.5 Å². The summed E-state index contributed by atoms with van der Waals surface area (Å²) in [7, 11) is 0. The number of nitrogens with one attached hydrogen (secondary N) is 2. The number of benzene rings is 2. The molecule has 0 saturated heterocycles. The van der Waals surface area contributed by atoms with Gasteiger partial charge in [-0.15, -0.1) is 11.3 Å². The maximum Gasteiger partial charge on any atom is 0.326 e. The van der Waals surface area contributed by atoms with E-state index in [0.717, 1.165) is 45.9 Å². The number of carbonyl (C=O) groups is 3. The molecule has 0 aliphatic heterocycles. The second kappa shape index (κ2) is 17.9. The van der Waals surface area contributed by atoms with Gasteiger partial charge in [0.25, 0.3) is 5.91 Å². The second-order valence-electron chi connectivity index (χ2n) is 14.0. The first-order valence-electron chi connectivity index (χ1n) is 17.4. The van der Waals surface area contributed by atoms with Crippen molar-refractivity contribution < 1.29 is 24.2 Å². The van der Waals surface area contributed by atoms with Crippen LogP contribution >= 0.6 is 11.3 Å². The van der Waals surface area contributed by atoms with Crippen molar-refractivity contribution in [2.24, 2.45) is 5.92 Å². The Labute approximate surface area is 299 Å². The molecule has 2 heterocycles. The predicted molar refractivity (Wildman–Crippen MR) is 200 cm³/mol. The zero-order chi connectivity index (χ0) is 36.3. The minimum absolute atomic E-state index is 0.120. The molecule has 10 heteroatoms. The maximum absolute atomic E-state index is 13.4. The van der Waals surface area contributed by atoms with Gasteiger partial charge in [-0.3, -0.25) is 9.59 Å². The van der Waals surface area contributed by atoms with Crippen LogP contribution in [0.1, 0.15) is 93.8 Å². The lowest BCUT2D eigenvalue weighted by Gasteiger charge is -2.23. The molecule has 0 spiro atoms. The molecule has 2 atom stereocenters. The third kappa shape index (κ3) is 11.0. The number of hydrogen-bond donors (Lipinski definition) is 3. The lowest BCUT2D eigenvalue weighted by Crippen LogP contribution is -2.53. The van der Waals surface area contributed by atoms with Gasteiger partial charge >= 0.3 is 5.97 Å². The van der Waals surface area contributed by atoms with E-state index in [9.17, 15) is 19.5 Å². The van der Waals surface area contributed by atoms with Gasteiger partial charge in [-0.2, -0.15) is 0 Å². The Hall–Kier alpha value is -4.57. The van der Waals surface area contributed by atoms with Gasteiger partial charge in [0.05, 0.1) is 11.5 Å². The number of aromatic nitrogens is 2. The topological polar surface area (TPSA) is 131 Å². The Balaban J connectivity index is 1.42. The molecule has 0 saturated carbocycles. The molecule has 2 aromatic heterocycles. The van der Waals surface area contributed by atoms with E-state index in [-0.39, 0.29) is 23.7 Å². The molecule has 266 valence electrons. The summed E-state index contributed by atoms with van der Waals surface area (Å²) in [6, 6.07) is 17.0. The fourth-order valence-electron chi connectivity index (χ4n) is 5.36. The van der Waals surface area contributed by atoms with Crippen LogP contribution in [0.5, 0.6) is 5.75 Å². The van der Waals surface area contributed by atoms with E-state index in [1.807, 2.05) is 54.6 Å². The lowest BCUT2D eigenvalue weighted by molar-refractivity contribution is -0.143. The first kappa shape index (κ1) is 38.2. The lowest BCUT2D eigenvalue weighted by atomic mass is 9.95. The molecule has 4 rings (SSSR count). The molecule has 4 aromatic rings. The first-order chi connectivity index (χ1) is 23.8. The monoisotopic (exact) mass is 698 g/mol. The summed E-state index contributed by atoms with van der Waals surface area (Å²) in [5.41, 5.74) is 3.35. The van der Waals surface area contributed by atoms with Crippen molar-refractivity contribution in [1.82, 2.24) is 20.6 Å². The third-order valence-corrected chi connectivity index (χ3v) is 9.94. The van der Waals surface area contributed by atoms with Crippen LogP contribution in [0.2, 0.25) is 0 Å². The molecule has 0 bridgehead atoms. The Morgan fingerprint density at radius 3 is 2.04 bits per heavy atom. The molecule has 0 fully saturated rings. The van der Waals surface area contributed by atoms with E-state index in [1.165, 1.54) is 37.0 Å². The molecular formula is C40H50N4O5S. The molecule has 0 aliphatic carbocycles. The van der Waals surface area contributed by atoms with Gasteiger partial charge in [0.1, 0.15) is 17.8 Å². The van der Waals surface area contributed by atoms with E-state index in [4.69, 9.17) is 4.74 Å². The number of carboxylic acid groups (broad SMARTS) is 1. The minimum atomic E-state index is -1.13. The molecule has 9 nitrogen and oxygen atoms in total. The number of carboxylic acids is 1. The molecule has 0 aliphatic rings. The van der Waals surface area contributed by atoms with E-state index in [1.54, 1.807) is 32.3 Å². The number of ether oxygens (including phenoxy) is 1. The van der Waals surface area contributed by atoms with Gasteiger partial charge in [0.15, 0.2) is 5.82 Å². The molecule has 1 unspecified atom stereocenters. The van der Waals surface area contributed by atoms with E-state index < -0.39 is 24.0 Å². The number of aliphatic carboxylic acids is 1. The van der Waals surface area contributed by atoms with Gasteiger partial charge in [-0.25, -0.2) is 14.8 Å². The van der Waals surface area contributed by atoms with E-state index >= 15 is 0 Å². The first-order valence-corrected chi connectivity index (χ1v) is 18.3. The maximum atomic E-state index is 13.4. The molecule has 3 N–H and O–H groups in total. The van der Waals surface area contributed by atoms with Crippen molar-refractivity contribution in [3.8, 4) is 28.3 Å². The Bertz CT molecular complexity index is 1690. The highest BCUT2D eigenvalue weighted by Crippen LogP contribution is 2.29. The van der Waals surface area contributed by atoms with Crippen LogP contribution in [0.3, 0.4) is 0 Å². The average Bonchev–Trinajstić information content (AvgIpc) is 3.61. The molecular weight excluding hydrogens is 649 g/mol. The van der Waals surface area contributed by atoms with Gasteiger partial charge in [-0.05, 0) is 53.1 Å². The highest BCUT2D eigenvalue weighted by Gasteiger charge is 2.29. The average molecular weight is 699 g/mol. The Morgan fingerprint density at radius 2 is 1.46 bits per heavy atom. The minimum Gasteiger partial charge on any atom is -0.494 e. The van der Waals surface area contributed by atoms with Gasteiger partial charge in [-0.1, -0.05) is 104 Å². The van der Waals surface area contributed by atoms with Crippen molar-refractivity contribution in [3.63, 3.8) is 0 Å². The van der Waals surface area contributed by atoms with Crippen molar-refractivity contribution in [1.29, 1.82) is 0 Å². The third-order valence-electron chi connectivity index (χ3n) is 8.43. The zero-order valence-electron chi connectivity index (χ0n) is 30.0. The summed E-state index contributed by atoms with van der Waals surface area (Å²) in [6.07, 6.45) is 9.75. The largest absolute Gasteiger partial charge is 0.494 e. The van der Waals surface area contributed by atoms with Crippen molar-refractivity contribution in [2.75, 3.05) is 6.61 Å². The quantitative estimate of drug-likeness (QED) is 0.0951. The highest BCUT2D eigenvalue weighted by atomic mass is 32.1. The fraction of sp³-hybridized carbons (Fsp3) is 0.425. The second-order valence-corrected chi connectivity index (χ2v) is 15.1. The van der Waals surface area contributed by atoms with Crippen LogP contribution in [0, 0.1) is 5.92 Å². The number of rotatable bonds is 17. The number of carbonyl (C=O) groups excluding carboxylic acids is 2. The summed E-state index contributed by atoms with van der Waals surface area (Å²) in [5, 5.41) is 15.1. The molecule has 2 aromatic carbocycles. The van der Waals surface area contributed by atoms with Crippen LogP contribution < -0.4 is 15.4 Å². The Kier molecular flexibility index (Phi) is 13.7. The van der Waals surface area contributed by atoms with Gasteiger partial charge in [0, 0.05) is 34.8 Å². The summed E-state index contributed by atoms with van der Waals surface area (Å²) >= 11 is 1.38. The van der Waals surface area contributed by atoms with Crippen molar-refractivity contribution >= 4 is 29.1 Å². The summed E-state index contributed by atoms with van der Waals surface area (Å²) in [4.78, 5) is 49.3. The van der Waals surface area contributed by atoms with Gasteiger partial charge < -0.3 is 20.5 Å². The van der Waals surface area contributed by atoms with Crippen LogP contribution in [-0.4, -0.2) is 51.5 Å². The number of thiophene rings is 1. The molecule has 2 amide bonds. The number of nitrogens with zero attached hydrogens (tertiary/aromatic N) is 2. The van der Waals surface area contributed by atoms with E-state index in [2.05, 4.69) is 48.3 Å². The van der Waals surface area contributed by atoms with Crippen molar-refractivity contribution in [3.05, 3.63) is 88.4 Å². The predicted octanol–water partition coefficient (Wildman–Crippen LogP) is 8.09. The normalized spacial score (nSPS) is 12.7. The summed E-state index contributed by atoms with van der Waals surface area (Å²) < 4.78 is 5.89. The van der Waals surface area contributed by atoms with Crippen LogP contribution in [-0.2, 0) is 21.4 Å². The molecule has 50 heavy (non-hydrogen) atoms. The number of unbranched alkanes of at least 4 members (excludes halogenated alkanes) is 4. The zero-order valence-corrected chi connectivity index (χ0v) is 30.8. The summed E-state index contributed by atoms with van der Waals surface area (Å²) in [6.45, 7) is 12.6.